The Bertz CT molecular complexity index is 355. The van der Waals surface area contributed by atoms with Crippen molar-refractivity contribution in [2.45, 2.75) is 46.6 Å². The van der Waals surface area contributed by atoms with Gasteiger partial charge in [0.1, 0.15) is 0 Å². The van der Waals surface area contributed by atoms with Crippen LogP contribution in [0.25, 0.3) is 5.57 Å². The molecule has 1 nitrogen and oxygen atoms in total. The lowest BCUT2D eigenvalue weighted by Crippen LogP contribution is -2.36. The molecule has 0 fully saturated rings. The molecule has 1 heterocycles. The second kappa shape index (κ2) is 5.65. The van der Waals surface area contributed by atoms with Crippen LogP contribution in [0.1, 0.15) is 44.6 Å². The van der Waals surface area contributed by atoms with Crippen LogP contribution >= 0.6 is 11.3 Å². The molecular weight excluding hydrogens is 214 g/mol. The Morgan fingerprint density at radius 2 is 2.12 bits per heavy atom. The molecule has 2 heteroatoms. The minimum Gasteiger partial charge on any atom is -0.312 e. The fourth-order valence-electron chi connectivity index (χ4n) is 1.50. The van der Waals surface area contributed by atoms with Gasteiger partial charge >= 0.3 is 0 Å². The van der Waals surface area contributed by atoms with Crippen molar-refractivity contribution in [2.75, 3.05) is 6.54 Å². The summed E-state index contributed by atoms with van der Waals surface area (Å²) in [4.78, 5) is 1.38. The molecule has 0 bridgehead atoms. The van der Waals surface area contributed by atoms with Gasteiger partial charge in [-0.15, -0.1) is 11.3 Å². The molecule has 90 valence electrons. The van der Waals surface area contributed by atoms with Gasteiger partial charge in [0.2, 0.25) is 0 Å². The number of hydrogen-bond acceptors (Lipinski definition) is 2. The van der Waals surface area contributed by atoms with Gasteiger partial charge < -0.3 is 5.32 Å². The summed E-state index contributed by atoms with van der Waals surface area (Å²) in [5.41, 5.74) is 2.99. The molecule has 0 aliphatic heterocycles. The zero-order chi connectivity index (χ0) is 12.2. The minimum atomic E-state index is 0.223. The normalized spacial score (nSPS) is 13.2. The Kier molecular flexibility index (Phi) is 4.75. The zero-order valence-corrected chi connectivity index (χ0v) is 11.9. The van der Waals surface area contributed by atoms with Crippen LogP contribution in [-0.4, -0.2) is 12.1 Å². The standard InChI is InChI=1S/C14H23NS/c1-11(13-9-12(2)16-10-13)7-6-8-15-14(3,4)5/h7,9-10,15H,6,8H2,1-5H3. The van der Waals surface area contributed by atoms with E-state index in [1.54, 1.807) is 0 Å². The van der Waals surface area contributed by atoms with Crippen LogP contribution in [0.2, 0.25) is 0 Å². The highest BCUT2D eigenvalue weighted by molar-refractivity contribution is 7.10. The van der Waals surface area contributed by atoms with Gasteiger partial charge in [0.25, 0.3) is 0 Å². The predicted molar refractivity (Wildman–Crippen MR) is 75.1 cm³/mol. The first-order chi connectivity index (χ1) is 7.38. The lowest BCUT2D eigenvalue weighted by molar-refractivity contribution is 0.431. The maximum absolute atomic E-state index is 3.49. The molecule has 1 aromatic rings. The summed E-state index contributed by atoms with van der Waals surface area (Å²) in [7, 11) is 0. The number of aryl methyl sites for hydroxylation is 1. The SMILES string of the molecule is CC(=CCCNC(C)(C)C)c1csc(C)c1. The Labute approximate surface area is 104 Å². The van der Waals surface area contributed by atoms with E-state index in [-0.39, 0.29) is 5.54 Å². The van der Waals surface area contributed by atoms with Crippen LogP contribution in [-0.2, 0) is 0 Å². The second-order valence-corrected chi connectivity index (χ2v) is 6.41. The van der Waals surface area contributed by atoms with E-state index in [9.17, 15) is 0 Å². The van der Waals surface area contributed by atoms with E-state index in [1.807, 2.05) is 11.3 Å². The van der Waals surface area contributed by atoms with Crippen molar-refractivity contribution in [2.24, 2.45) is 0 Å². The molecule has 0 saturated carbocycles. The van der Waals surface area contributed by atoms with Crippen LogP contribution in [0, 0.1) is 6.92 Å². The third-order valence-corrected chi connectivity index (χ3v) is 3.30. The number of allylic oxidation sites excluding steroid dienone is 1. The van der Waals surface area contributed by atoms with Crippen molar-refractivity contribution in [3.63, 3.8) is 0 Å². The maximum Gasteiger partial charge on any atom is 0.00966 e. The maximum atomic E-state index is 3.49. The Morgan fingerprint density at radius 3 is 2.62 bits per heavy atom. The average molecular weight is 237 g/mol. The van der Waals surface area contributed by atoms with Gasteiger partial charge in [0.05, 0.1) is 0 Å². The minimum absolute atomic E-state index is 0.223. The highest BCUT2D eigenvalue weighted by Crippen LogP contribution is 2.21. The molecule has 0 aromatic carbocycles. The number of rotatable bonds is 4. The number of thiophene rings is 1. The molecule has 0 amide bonds. The van der Waals surface area contributed by atoms with Gasteiger partial charge in [-0.3, -0.25) is 0 Å². The molecule has 0 unspecified atom stereocenters. The van der Waals surface area contributed by atoms with Crippen molar-refractivity contribution in [1.29, 1.82) is 0 Å². The summed E-state index contributed by atoms with van der Waals surface area (Å²) in [5, 5.41) is 5.73. The number of nitrogens with one attached hydrogen (secondary N) is 1. The van der Waals surface area contributed by atoms with Crippen LogP contribution < -0.4 is 5.32 Å². The fraction of sp³-hybridized carbons (Fsp3) is 0.571. The first-order valence-electron chi connectivity index (χ1n) is 5.86. The van der Waals surface area contributed by atoms with Crippen molar-refractivity contribution >= 4 is 16.9 Å². The van der Waals surface area contributed by atoms with E-state index in [0.29, 0.717) is 0 Å². The lowest BCUT2D eigenvalue weighted by atomic mass is 10.1. The van der Waals surface area contributed by atoms with Crippen molar-refractivity contribution < 1.29 is 0 Å². The summed E-state index contributed by atoms with van der Waals surface area (Å²) in [6.07, 6.45) is 3.41. The Morgan fingerprint density at radius 1 is 1.44 bits per heavy atom. The second-order valence-electron chi connectivity index (χ2n) is 5.30. The highest BCUT2D eigenvalue weighted by atomic mass is 32.1. The molecule has 1 rings (SSSR count). The van der Waals surface area contributed by atoms with Gasteiger partial charge in [0, 0.05) is 10.4 Å². The van der Waals surface area contributed by atoms with Gasteiger partial charge in [0.15, 0.2) is 0 Å². The predicted octanol–water partition coefficient (Wildman–Crippen LogP) is 4.24. The number of hydrogen-bond donors (Lipinski definition) is 1. The Balaban J connectivity index is 2.40. The Hall–Kier alpha value is -0.600. The largest absolute Gasteiger partial charge is 0.312 e. The van der Waals surface area contributed by atoms with Gasteiger partial charge in [-0.05, 0) is 70.2 Å². The molecule has 0 atom stereocenters. The van der Waals surface area contributed by atoms with Crippen LogP contribution in [0.3, 0.4) is 0 Å². The van der Waals surface area contributed by atoms with Crippen molar-refractivity contribution in [3.8, 4) is 0 Å². The summed E-state index contributed by atoms with van der Waals surface area (Å²) in [6.45, 7) is 12.0. The monoisotopic (exact) mass is 237 g/mol. The average Bonchev–Trinajstić information content (AvgIpc) is 2.57. The third kappa shape index (κ3) is 4.95. The molecular formula is C14H23NS. The lowest BCUT2D eigenvalue weighted by Gasteiger charge is -2.19. The van der Waals surface area contributed by atoms with E-state index < -0.39 is 0 Å². The van der Waals surface area contributed by atoms with Gasteiger partial charge in [-0.2, -0.15) is 0 Å². The van der Waals surface area contributed by atoms with Crippen LogP contribution in [0.5, 0.6) is 0 Å². The van der Waals surface area contributed by atoms with Crippen molar-refractivity contribution in [1.82, 2.24) is 5.32 Å². The van der Waals surface area contributed by atoms with E-state index >= 15 is 0 Å². The summed E-state index contributed by atoms with van der Waals surface area (Å²) >= 11 is 1.82. The highest BCUT2D eigenvalue weighted by Gasteiger charge is 2.06. The molecule has 1 aromatic heterocycles. The van der Waals surface area contributed by atoms with E-state index in [4.69, 9.17) is 0 Å². The third-order valence-electron chi connectivity index (χ3n) is 2.44. The van der Waals surface area contributed by atoms with E-state index in [2.05, 4.69) is 57.5 Å². The van der Waals surface area contributed by atoms with Crippen LogP contribution in [0.15, 0.2) is 17.5 Å². The molecule has 1 N–H and O–H groups in total. The molecule has 0 aliphatic carbocycles. The van der Waals surface area contributed by atoms with E-state index in [1.165, 1.54) is 16.0 Å². The van der Waals surface area contributed by atoms with E-state index in [0.717, 1.165) is 13.0 Å². The summed E-state index contributed by atoms with van der Waals surface area (Å²) < 4.78 is 0. The summed E-state index contributed by atoms with van der Waals surface area (Å²) in [5.74, 6) is 0. The molecule has 16 heavy (non-hydrogen) atoms. The molecule has 0 aliphatic rings. The summed E-state index contributed by atoms with van der Waals surface area (Å²) in [6, 6.07) is 2.26. The first-order valence-corrected chi connectivity index (χ1v) is 6.74. The molecule has 0 spiro atoms. The van der Waals surface area contributed by atoms with Gasteiger partial charge in [-0.1, -0.05) is 6.08 Å². The fourth-order valence-corrected chi connectivity index (χ4v) is 2.27. The topological polar surface area (TPSA) is 12.0 Å². The quantitative estimate of drug-likeness (QED) is 0.772. The van der Waals surface area contributed by atoms with Gasteiger partial charge in [-0.25, -0.2) is 0 Å². The first kappa shape index (κ1) is 13.5. The smallest absolute Gasteiger partial charge is 0.00966 e. The molecule has 0 saturated heterocycles. The van der Waals surface area contributed by atoms with Crippen molar-refractivity contribution in [3.05, 3.63) is 28.0 Å². The zero-order valence-electron chi connectivity index (χ0n) is 11.1. The van der Waals surface area contributed by atoms with Crippen LogP contribution in [0.4, 0.5) is 0 Å². The molecule has 0 radical (unpaired) electrons.